The predicted octanol–water partition coefficient (Wildman–Crippen LogP) is 2.26. The van der Waals surface area contributed by atoms with E-state index in [1.165, 1.54) is 11.0 Å². The molecule has 4 nitrogen and oxygen atoms in total. The van der Waals surface area contributed by atoms with Gasteiger partial charge >= 0.3 is 0 Å². The number of carbonyl (C=O) groups is 2. The van der Waals surface area contributed by atoms with Crippen molar-refractivity contribution in [1.82, 2.24) is 4.98 Å². The van der Waals surface area contributed by atoms with Gasteiger partial charge in [-0.25, -0.2) is 4.39 Å². The van der Waals surface area contributed by atoms with Gasteiger partial charge < -0.3 is 0 Å². The second-order valence-electron chi connectivity index (χ2n) is 4.72. The third kappa shape index (κ3) is 1.87. The van der Waals surface area contributed by atoms with Gasteiger partial charge in [-0.3, -0.25) is 19.5 Å². The van der Waals surface area contributed by atoms with Gasteiger partial charge in [-0.15, -0.1) is 0 Å². The Hall–Kier alpha value is -2.56. The molecule has 0 N–H and O–H groups in total. The lowest BCUT2D eigenvalue weighted by Gasteiger charge is -2.17. The maximum absolute atomic E-state index is 14.1. The van der Waals surface area contributed by atoms with E-state index in [9.17, 15) is 14.0 Å². The minimum absolute atomic E-state index is 0.0717. The molecule has 0 saturated carbocycles. The summed E-state index contributed by atoms with van der Waals surface area (Å²) in [4.78, 5) is 29.0. The van der Waals surface area contributed by atoms with Crippen molar-refractivity contribution >= 4 is 17.4 Å². The summed E-state index contributed by atoms with van der Waals surface area (Å²) in [6, 6.07) is 6.32. The first-order chi connectivity index (χ1) is 9.58. The van der Waals surface area contributed by atoms with Gasteiger partial charge in [0.1, 0.15) is 5.82 Å². The molecular formula is C15H11FN2O2. The van der Waals surface area contributed by atoms with Crippen LogP contribution in [0.5, 0.6) is 0 Å². The highest BCUT2D eigenvalue weighted by molar-refractivity contribution is 6.52. The molecule has 0 radical (unpaired) electrons. The molecule has 5 heteroatoms. The Bertz CT molecular complexity index is 713. The molecule has 1 aromatic heterocycles. The highest BCUT2D eigenvalue weighted by atomic mass is 19.1. The van der Waals surface area contributed by atoms with Crippen LogP contribution in [0, 0.1) is 12.7 Å². The van der Waals surface area contributed by atoms with Crippen LogP contribution < -0.4 is 4.90 Å². The number of aryl methyl sites for hydroxylation is 1. The van der Waals surface area contributed by atoms with Crippen LogP contribution in [0.1, 0.15) is 21.5 Å². The van der Waals surface area contributed by atoms with Crippen molar-refractivity contribution in [1.29, 1.82) is 0 Å². The van der Waals surface area contributed by atoms with Crippen LogP contribution in [0.25, 0.3) is 0 Å². The first-order valence-electron chi connectivity index (χ1n) is 6.13. The number of fused-ring (bicyclic) bond motifs is 1. The topological polar surface area (TPSA) is 50.3 Å². The average Bonchev–Trinajstić information content (AvgIpc) is 2.65. The third-order valence-electron chi connectivity index (χ3n) is 3.25. The van der Waals surface area contributed by atoms with E-state index in [2.05, 4.69) is 4.98 Å². The first-order valence-corrected chi connectivity index (χ1v) is 6.13. The standard InChI is InChI=1S/C15H11FN2O2/c1-9-6-11-13(12(16)7-9)18(15(20)14(11)19)8-10-2-4-17-5-3-10/h2-7H,8H2,1H3. The summed E-state index contributed by atoms with van der Waals surface area (Å²) in [6.45, 7) is 1.84. The van der Waals surface area contributed by atoms with Crippen LogP contribution in [0.2, 0.25) is 0 Å². The molecule has 0 fully saturated rings. The van der Waals surface area contributed by atoms with Gasteiger partial charge in [0, 0.05) is 12.4 Å². The number of amides is 1. The number of anilines is 1. The number of benzene rings is 1. The highest BCUT2D eigenvalue weighted by Gasteiger charge is 2.38. The van der Waals surface area contributed by atoms with Crippen LogP contribution in [-0.4, -0.2) is 16.7 Å². The second kappa shape index (κ2) is 4.52. The van der Waals surface area contributed by atoms with Crippen molar-refractivity contribution in [3.63, 3.8) is 0 Å². The summed E-state index contributed by atoms with van der Waals surface area (Å²) in [5.41, 5.74) is 1.62. The molecule has 0 atom stereocenters. The van der Waals surface area contributed by atoms with Crippen molar-refractivity contribution in [2.24, 2.45) is 0 Å². The fourth-order valence-corrected chi connectivity index (χ4v) is 2.34. The fourth-order valence-electron chi connectivity index (χ4n) is 2.34. The number of hydrogen-bond donors (Lipinski definition) is 0. The number of pyridine rings is 1. The van der Waals surface area contributed by atoms with E-state index >= 15 is 0 Å². The van der Waals surface area contributed by atoms with E-state index in [0.29, 0.717) is 5.56 Å². The number of ketones is 1. The Kier molecular flexibility index (Phi) is 2.82. The molecule has 1 aromatic carbocycles. The molecule has 0 unspecified atom stereocenters. The third-order valence-corrected chi connectivity index (χ3v) is 3.25. The minimum Gasteiger partial charge on any atom is -0.298 e. The SMILES string of the molecule is Cc1cc(F)c2c(c1)C(=O)C(=O)N2Cc1ccncc1. The molecular weight excluding hydrogens is 259 g/mol. The van der Waals surface area contributed by atoms with E-state index in [-0.39, 0.29) is 17.8 Å². The predicted molar refractivity (Wildman–Crippen MR) is 70.9 cm³/mol. The van der Waals surface area contributed by atoms with Gasteiger partial charge in [-0.2, -0.15) is 0 Å². The molecule has 3 rings (SSSR count). The Morgan fingerprint density at radius 2 is 1.90 bits per heavy atom. The average molecular weight is 270 g/mol. The smallest absolute Gasteiger partial charge is 0.298 e. The van der Waals surface area contributed by atoms with Gasteiger partial charge in [0.25, 0.3) is 11.7 Å². The Balaban J connectivity index is 2.07. The monoisotopic (exact) mass is 270 g/mol. The summed E-state index contributed by atoms with van der Waals surface area (Å²) in [6.07, 6.45) is 3.17. The van der Waals surface area contributed by atoms with Gasteiger partial charge in [0.05, 0.1) is 17.8 Å². The first kappa shape index (κ1) is 12.5. The zero-order chi connectivity index (χ0) is 14.3. The normalized spacial score (nSPS) is 13.8. The fraction of sp³-hybridized carbons (Fsp3) is 0.133. The zero-order valence-corrected chi connectivity index (χ0v) is 10.8. The van der Waals surface area contributed by atoms with Crippen molar-refractivity contribution in [2.75, 3.05) is 4.90 Å². The number of Topliss-reactive ketones (excluding diaryl/α,β-unsaturated/α-hetero) is 1. The zero-order valence-electron chi connectivity index (χ0n) is 10.8. The molecule has 0 aliphatic carbocycles. The lowest BCUT2D eigenvalue weighted by Crippen LogP contribution is -2.29. The molecule has 0 bridgehead atoms. The number of halogens is 1. The van der Waals surface area contributed by atoms with Gasteiger partial charge in [-0.05, 0) is 42.3 Å². The van der Waals surface area contributed by atoms with Crippen molar-refractivity contribution in [3.8, 4) is 0 Å². The molecule has 100 valence electrons. The molecule has 1 amide bonds. The Morgan fingerprint density at radius 3 is 2.60 bits per heavy atom. The van der Waals surface area contributed by atoms with Crippen LogP contribution >= 0.6 is 0 Å². The number of rotatable bonds is 2. The van der Waals surface area contributed by atoms with Crippen LogP contribution in [-0.2, 0) is 11.3 Å². The maximum Gasteiger partial charge on any atom is 0.299 e. The molecule has 2 heterocycles. The molecule has 20 heavy (non-hydrogen) atoms. The van der Waals surface area contributed by atoms with E-state index in [1.54, 1.807) is 37.5 Å². The summed E-state index contributed by atoms with van der Waals surface area (Å²) in [5.74, 6) is -1.90. The highest BCUT2D eigenvalue weighted by Crippen LogP contribution is 2.33. The van der Waals surface area contributed by atoms with Gasteiger partial charge in [-0.1, -0.05) is 0 Å². The molecule has 1 aliphatic rings. The lowest BCUT2D eigenvalue weighted by molar-refractivity contribution is -0.114. The molecule has 2 aromatic rings. The van der Waals surface area contributed by atoms with Crippen LogP contribution in [0.3, 0.4) is 0 Å². The second-order valence-corrected chi connectivity index (χ2v) is 4.72. The molecule has 0 spiro atoms. The van der Waals surface area contributed by atoms with E-state index in [1.807, 2.05) is 0 Å². The maximum atomic E-state index is 14.1. The lowest BCUT2D eigenvalue weighted by atomic mass is 10.1. The number of aromatic nitrogens is 1. The van der Waals surface area contributed by atoms with Crippen LogP contribution in [0.15, 0.2) is 36.7 Å². The summed E-state index contributed by atoms with van der Waals surface area (Å²) in [5, 5.41) is 0. The summed E-state index contributed by atoms with van der Waals surface area (Å²) in [7, 11) is 0. The quantitative estimate of drug-likeness (QED) is 0.786. The van der Waals surface area contributed by atoms with Crippen molar-refractivity contribution in [3.05, 3.63) is 59.2 Å². The van der Waals surface area contributed by atoms with Crippen LogP contribution in [0.4, 0.5) is 10.1 Å². The van der Waals surface area contributed by atoms with Gasteiger partial charge in [0.2, 0.25) is 0 Å². The number of nitrogens with zero attached hydrogens (tertiary/aromatic N) is 2. The van der Waals surface area contributed by atoms with Crippen molar-refractivity contribution < 1.29 is 14.0 Å². The molecule has 1 aliphatic heterocycles. The number of hydrogen-bond acceptors (Lipinski definition) is 3. The molecule has 0 saturated heterocycles. The van der Waals surface area contributed by atoms with E-state index < -0.39 is 17.5 Å². The Morgan fingerprint density at radius 1 is 1.20 bits per heavy atom. The summed E-state index contributed by atoms with van der Waals surface area (Å²) >= 11 is 0. The minimum atomic E-state index is -0.693. The Labute approximate surface area is 114 Å². The summed E-state index contributed by atoms with van der Waals surface area (Å²) < 4.78 is 14.1. The van der Waals surface area contributed by atoms with E-state index in [0.717, 1.165) is 5.56 Å². The van der Waals surface area contributed by atoms with Crippen molar-refractivity contribution in [2.45, 2.75) is 13.5 Å². The number of carbonyl (C=O) groups excluding carboxylic acids is 2. The largest absolute Gasteiger partial charge is 0.299 e. The van der Waals surface area contributed by atoms with E-state index in [4.69, 9.17) is 0 Å². The van der Waals surface area contributed by atoms with Gasteiger partial charge in [0.15, 0.2) is 0 Å².